The van der Waals surface area contributed by atoms with Crippen LogP contribution in [0.15, 0.2) is 167 Å². The molecule has 0 unspecified atom stereocenters. The van der Waals surface area contributed by atoms with Crippen molar-refractivity contribution in [2.45, 2.75) is 156 Å². The number of aromatic nitrogens is 6. The van der Waals surface area contributed by atoms with E-state index in [9.17, 15) is 76.0 Å². The van der Waals surface area contributed by atoms with Crippen LogP contribution in [-0.4, -0.2) is 78.5 Å². The molecule has 0 fully saturated rings. The van der Waals surface area contributed by atoms with E-state index < -0.39 is 91.5 Å². The van der Waals surface area contributed by atoms with Gasteiger partial charge in [0.05, 0.1) is 66.6 Å². The molecule has 0 aliphatic heterocycles. The number of H-pyrrole nitrogens is 3. The number of aromatic amines is 3. The number of aliphatic hydroxyl groups is 3. The molecule has 3 heterocycles. The molecule has 0 spiro atoms. The van der Waals surface area contributed by atoms with Gasteiger partial charge in [-0.25, -0.2) is 45.6 Å². The first-order chi connectivity index (χ1) is 58.5. The highest BCUT2D eigenvalue weighted by atomic mass is 35.5. The normalized spacial score (nSPS) is 16.7. The molecule has 636 valence electrons. The highest BCUT2D eigenvalue weighted by Crippen LogP contribution is 2.56. The summed E-state index contributed by atoms with van der Waals surface area (Å²) in [5.41, 5.74) is 28.9. The molecule has 28 heteroatoms. The second-order valence-corrected chi connectivity index (χ2v) is 36.0. The number of nitrogens with two attached hydrogens (primary N) is 3. The van der Waals surface area contributed by atoms with Gasteiger partial charge in [-0.1, -0.05) is 100 Å². The number of allylic oxidation sites excluding steroid dienone is 6. The summed E-state index contributed by atoms with van der Waals surface area (Å²) in [4.78, 5) is 125. The standard InChI is InChI=1S/C32H28ClF2N3O4.2C32H29ClFN3O4/c1-14-18(5-4-6-25(14)38-30(40)22-11-17(34)12-24(35)28(22)37-31(38)41)27-23(33)13-21(29(36)39)20-10-15-9-16(32(2,3)42)7-8-19(15)26(20)27;2*1-15-18(6-5-9-25(15)37-30(39)20-7-4-8-24(34)28(20)36-31(37)40)27-23(33)14-22(29(35)38)21-13-16-12-17(32(2,3)41)10-11-19(16)26(21)27/h4-6,11-13,16,42H,7-10H2,1-3H3,(H2,36,39)(H,37,41);2*4-9,14,17,41H,10-13H2,1-3H3,(H2,35,38)(H,36,40)/t16-;2*17-/m000/s1. The summed E-state index contributed by atoms with van der Waals surface area (Å²) < 4.78 is 59.9. The predicted molar refractivity (Wildman–Crippen MR) is 474 cm³/mol. The van der Waals surface area contributed by atoms with Crippen molar-refractivity contribution in [2.75, 3.05) is 0 Å². The van der Waals surface area contributed by atoms with E-state index in [1.54, 1.807) is 89.2 Å². The van der Waals surface area contributed by atoms with Gasteiger partial charge in [-0.05, 0) is 307 Å². The first-order valence-electron chi connectivity index (χ1n) is 40.6. The molecule has 124 heavy (non-hydrogen) atoms. The number of para-hydroxylation sites is 2. The molecular formula is C96H86Cl3F4N9O12. The SMILES string of the molecule is Cc1c(-c2c(Cl)cc(C(N)=O)c3c2C2=C(C3)C[C@@H](C(C)(C)O)CC2)cccc1-n1c(=O)[nH]c2c(F)cc(F)cc2c1=O.Cc1c(-c2c(Cl)cc(C(N)=O)c3c2C2=C(C3)C[C@@H](C(C)(C)O)CC2)cccc1-n1c(=O)[nH]c2c(F)cccc2c1=O.Cc1c(-c2c(Cl)cc(C(N)=O)c3c2C2=C(C3)C[C@@H](C(C)(C)O)CC2)cccc1-n1c(=O)[nH]c2c(F)cccc2c1=O. The summed E-state index contributed by atoms with van der Waals surface area (Å²) in [6.07, 6.45) is 8.00. The van der Waals surface area contributed by atoms with Gasteiger partial charge in [0.15, 0.2) is 5.82 Å². The molecule has 3 aromatic heterocycles. The lowest BCUT2D eigenvalue weighted by molar-refractivity contribution is 0.0118. The highest BCUT2D eigenvalue weighted by Gasteiger charge is 2.43. The molecular weight excluding hydrogens is 1650 g/mol. The fourth-order valence-corrected chi connectivity index (χ4v) is 20.7. The second-order valence-electron chi connectivity index (χ2n) is 34.7. The van der Waals surface area contributed by atoms with Crippen LogP contribution in [0.5, 0.6) is 0 Å². The molecule has 12 N–H and O–H groups in total. The second kappa shape index (κ2) is 31.6. The Balaban J connectivity index is 0.000000137. The first-order valence-corrected chi connectivity index (χ1v) is 41.8. The average Bonchev–Trinajstić information content (AvgIpc) is 1.51. The Morgan fingerprint density at radius 3 is 0.968 bits per heavy atom. The molecule has 6 aliphatic rings. The summed E-state index contributed by atoms with van der Waals surface area (Å²) in [6.45, 7) is 16.2. The van der Waals surface area contributed by atoms with E-state index in [0.29, 0.717) is 152 Å². The van der Waals surface area contributed by atoms with E-state index in [1.807, 2.05) is 45.9 Å². The number of halogens is 7. The van der Waals surface area contributed by atoms with Crippen molar-refractivity contribution in [1.82, 2.24) is 28.7 Å². The van der Waals surface area contributed by atoms with E-state index in [2.05, 4.69) is 15.0 Å². The van der Waals surface area contributed by atoms with Gasteiger partial charge in [-0.3, -0.25) is 28.8 Å². The highest BCUT2D eigenvalue weighted by molar-refractivity contribution is 6.36. The number of primary amides is 3. The number of rotatable bonds is 12. The van der Waals surface area contributed by atoms with Crippen molar-refractivity contribution in [3.63, 3.8) is 0 Å². The molecule has 0 saturated carbocycles. The maximum atomic E-state index is 14.4. The minimum absolute atomic E-state index is 0.0488. The van der Waals surface area contributed by atoms with Crippen LogP contribution < -0.4 is 50.9 Å². The van der Waals surface area contributed by atoms with Gasteiger partial charge in [-0.2, -0.15) is 0 Å². The number of hydrogen-bond acceptors (Lipinski definition) is 12. The third kappa shape index (κ3) is 14.6. The minimum atomic E-state index is -1.04. The molecule has 12 aromatic rings. The number of nitrogens with one attached hydrogen (secondary N) is 3. The average molecular weight is 1740 g/mol. The fraction of sp³-hybridized carbons (Fsp3) is 0.281. The summed E-state index contributed by atoms with van der Waals surface area (Å²) in [5, 5.41) is 32.9. The quantitative estimate of drug-likeness (QED) is 0.0516. The predicted octanol–water partition coefficient (Wildman–Crippen LogP) is 16.4. The smallest absolute Gasteiger partial charge is 0.333 e. The summed E-state index contributed by atoms with van der Waals surface area (Å²) in [6, 6.07) is 29.9. The zero-order chi connectivity index (χ0) is 89.0. The van der Waals surface area contributed by atoms with Crippen LogP contribution in [0.25, 0.3) is 99.9 Å². The number of hydrogen-bond donors (Lipinski definition) is 9. The summed E-state index contributed by atoms with van der Waals surface area (Å²) in [5.74, 6) is -4.89. The van der Waals surface area contributed by atoms with E-state index in [-0.39, 0.29) is 61.2 Å². The lowest BCUT2D eigenvalue weighted by atomic mass is 9.75. The Morgan fingerprint density at radius 1 is 0.395 bits per heavy atom. The Morgan fingerprint density at radius 2 is 0.677 bits per heavy atom. The van der Waals surface area contributed by atoms with E-state index in [1.165, 1.54) is 36.4 Å². The Hall–Kier alpha value is -12.1. The van der Waals surface area contributed by atoms with Crippen LogP contribution in [0.4, 0.5) is 17.6 Å². The molecule has 0 saturated heterocycles. The number of carbonyl (C=O) groups excluding carboxylic acids is 3. The largest absolute Gasteiger partial charge is 0.390 e. The van der Waals surface area contributed by atoms with Gasteiger partial charge >= 0.3 is 17.1 Å². The number of carbonyl (C=O) groups is 3. The maximum Gasteiger partial charge on any atom is 0.333 e. The van der Waals surface area contributed by atoms with Gasteiger partial charge in [0, 0.05) is 54.5 Å². The maximum absolute atomic E-state index is 14.4. The van der Waals surface area contributed by atoms with E-state index in [0.717, 1.165) is 106 Å². The van der Waals surface area contributed by atoms with Crippen LogP contribution in [0.1, 0.15) is 180 Å². The monoisotopic (exact) mass is 1740 g/mol. The summed E-state index contributed by atoms with van der Waals surface area (Å²) >= 11 is 20.7. The Bertz CT molecular complexity index is 6970. The Kier molecular flexibility index (Phi) is 21.8. The van der Waals surface area contributed by atoms with Gasteiger partial charge in [-0.15, -0.1) is 0 Å². The third-order valence-corrected chi connectivity index (χ3v) is 27.0. The molecule has 0 radical (unpaired) electrons. The van der Waals surface area contributed by atoms with E-state index >= 15 is 0 Å². The lowest BCUT2D eigenvalue weighted by Gasteiger charge is -2.33. The zero-order valence-electron chi connectivity index (χ0n) is 69.0. The van der Waals surface area contributed by atoms with Crippen LogP contribution in [-0.2, 0) is 19.3 Å². The fourth-order valence-electron chi connectivity index (χ4n) is 19.7. The number of amides is 3. The molecule has 3 amide bonds. The van der Waals surface area contributed by atoms with Crippen molar-refractivity contribution in [3.8, 4) is 50.4 Å². The van der Waals surface area contributed by atoms with Gasteiger partial charge in [0.1, 0.15) is 17.5 Å². The number of fused-ring (bicyclic) bond motifs is 9. The van der Waals surface area contributed by atoms with Gasteiger partial charge in [0.25, 0.3) is 16.7 Å². The lowest BCUT2D eigenvalue weighted by Crippen LogP contribution is -2.34. The molecule has 18 rings (SSSR count). The van der Waals surface area contributed by atoms with Gasteiger partial charge < -0.3 is 47.5 Å². The molecule has 6 aliphatic carbocycles. The minimum Gasteiger partial charge on any atom is -0.390 e. The number of benzene rings is 9. The van der Waals surface area contributed by atoms with Crippen LogP contribution >= 0.6 is 34.8 Å². The van der Waals surface area contributed by atoms with Crippen molar-refractivity contribution in [1.29, 1.82) is 0 Å². The molecule has 3 atom stereocenters. The van der Waals surface area contributed by atoms with Crippen molar-refractivity contribution < 1.29 is 47.3 Å². The molecule has 0 bridgehead atoms. The van der Waals surface area contributed by atoms with Crippen molar-refractivity contribution in [2.24, 2.45) is 35.0 Å². The summed E-state index contributed by atoms with van der Waals surface area (Å²) in [7, 11) is 0. The third-order valence-electron chi connectivity index (χ3n) is 26.2. The topological polar surface area (TPSA) is 355 Å². The van der Waals surface area contributed by atoms with E-state index in [4.69, 9.17) is 52.0 Å². The van der Waals surface area contributed by atoms with Crippen LogP contribution in [0.3, 0.4) is 0 Å². The number of nitrogens with zero attached hydrogens (tertiary/aromatic N) is 3. The van der Waals surface area contributed by atoms with Crippen molar-refractivity contribution in [3.05, 3.63) is 306 Å². The first kappa shape index (κ1) is 85.5. The van der Waals surface area contributed by atoms with Crippen LogP contribution in [0.2, 0.25) is 15.1 Å². The molecule has 9 aromatic carbocycles. The Labute approximate surface area is 720 Å². The van der Waals surface area contributed by atoms with Gasteiger partial charge in [0.2, 0.25) is 17.7 Å². The zero-order valence-corrected chi connectivity index (χ0v) is 71.3. The van der Waals surface area contributed by atoms with Crippen molar-refractivity contribution >= 4 is 102 Å². The van der Waals surface area contributed by atoms with Crippen LogP contribution in [0, 0.1) is 61.8 Å². The molecule has 21 nitrogen and oxygen atoms in total.